The smallest absolute Gasteiger partial charge is 0.326 e. The summed E-state index contributed by atoms with van der Waals surface area (Å²) in [4.78, 5) is 81.9. The Hall–Kier alpha value is -3.79. The van der Waals surface area contributed by atoms with Crippen LogP contribution >= 0.6 is 0 Å². The number of hydrogen-bond donors (Lipinski definition) is 9. The van der Waals surface area contributed by atoms with Gasteiger partial charge in [0.25, 0.3) is 0 Å². The Morgan fingerprint density at radius 2 is 0.973 bits per heavy atom. The van der Waals surface area contributed by atoms with Gasteiger partial charge in [0.1, 0.15) is 18.1 Å². The van der Waals surface area contributed by atoms with E-state index in [1.807, 2.05) is 0 Å². The van der Waals surface area contributed by atoms with Crippen molar-refractivity contribution < 1.29 is 54.0 Å². The molecule has 16 heteroatoms. The molecule has 0 saturated heterocycles. The molecule has 0 rings (SSSR count). The zero-order chi connectivity index (χ0) is 28.5. The Labute approximate surface area is 212 Å². The van der Waals surface area contributed by atoms with Gasteiger partial charge in [-0.2, -0.15) is 0 Å². The second kappa shape index (κ2) is 17.6. The van der Waals surface area contributed by atoms with Crippen molar-refractivity contribution in [2.45, 2.75) is 82.0 Å². The first-order chi connectivity index (χ1) is 17.3. The monoisotopic (exact) mass is 533 g/mol. The minimum absolute atomic E-state index is 0.0596. The Morgan fingerprint density at radius 3 is 1.43 bits per heavy atom. The highest BCUT2D eigenvalue weighted by molar-refractivity contribution is 5.94. The van der Waals surface area contributed by atoms with Crippen molar-refractivity contribution in [1.82, 2.24) is 16.0 Å². The van der Waals surface area contributed by atoms with Gasteiger partial charge in [0.15, 0.2) is 0 Å². The maximum Gasteiger partial charge on any atom is 0.326 e. The van der Waals surface area contributed by atoms with Crippen LogP contribution in [0, 0.1) is 0 Å². The Bertz CT molecular complexity index is 836. The molecule has 0 aromatic carbocycles. The molecule has 0 aromatic rings. The third-order valence-electron chi connectivity index (χ3n) is 5.13. The van der Waals surface area contributed by atoms with Gasteiger partial charge < -0.3 is 47.8 Å². The molecule has 16 nitrogen and oxygen atoms in total. The highest BCUT2D eigenvalue weighted by atomic mass is 16.4. The third-order valence-corrected chi connectivity index (χ3v) is 5.13. The summed E-state index contributed by atoms with van der Waals surface area (Å²) in [5.41, 5.74) is 11.1. The van der Waals surface area contributed by atoms with E-state index in [-0.39, 0.29) is 25.8 Å². The van der Waals surface area contributed by atoms with Crippen molar-refractivity contribution in [2.75, 3.05) is 6.54 Å². The molecule has 0 heterocycles. The van der Waals surface area contributed by atoms with Gasteiger partial charge in [-0.05, 0) is 45.1 Å². The van der Waals surface area contributed by atoms with E-state index in [1.165, 1.54) is 0 Å². The summed E-state index contributed by atoms with van der Waals surface area (Å²) in [6, 6.07) is -5.61. The number of carboxylic acids is 4. The summed E-state index contributed by atoms with van der Waals surface area (Å²) in [5, 5.41) is 42.5. The van der Waals surface area contributed by atoms with Crippen molar-refractivity contribution in [1.29, 1.82) is 0 Å². The molecule has 4 atom stereocenters. The Morgan fingerprint density at radius 1 is 0.568 bits per heavy atom. The maximum absolute atomic E-state index is 12.9. The largest absolute Gasteiger partial charge is 0.481 e. The summed E-state index contributed by atoms with van der Waals surface area (Å²) in [5.74, 6) is -8.06. The fourth-order valence-corrected chi connectivity index (χ4v) is 3.06. The normalized spacial score (nSPS) is 13.9. The Balaban J connectivity index is 5.58. The number of nitrogens with two attached hydrogens (primary N) is 2. The fraction of sp³-hybridized carbons (Fsp3) is 0.667. The number of carbonyl (C=O) groups excluding carboxylic acids is 3. The van der Waals surface area contributed by atoms with Crippen LogP contribution in [0.3, 0.4) is 0 Å². The number of hydrogen-bond acceptors (Lipinski definition) is 9. The zero-order valence-electron chi connectivity index (χ0n) is 20.2. The van der Waals surface area contributed by atoms with Gasteiger partial charge in [-0.3, -0.25) is 28.8 Å². The van der Waals surface area contributed by atoms with E-state index in [2.05, 4.69) is 16.0 Å². The molecule has 11 N–H and O–H groups in total. The molecule has 0 aliphatic heterocycles. The van der Waals surface area contributed by atoms with Crippen molar-refractivity contribution in [2.24, 2.45) is 11.5 Å². The second-order valence-electron chi connectivity index (χ2n) is 8.21. The van der Waals surface area contributed by atoms with E-state index in [0.29, 0.717) is 12.8 Å². The van der Waals surface area contributed by atoms with E-state index >= 15 is 0 Å². The standard InChI is InChI=1S/C21H35N5O11/c22-10-2-1-3-12(24-18(33)11(23)4-7-15(27)28)19(34)25-13(5-8-16(29)30)20(35)26-14(21(36)37)6-9-17(31)32/h11-14H,1-10,22-23H2,(H,24,33)(H,25,34)(H,26,35)(H,27,28)(H,29,30)(H,31,32)(H,36,37). The molecule has 0 aliphatic rings. The lowest BCUT2D eigenvalue weighted by Gasteiger charge is -2.25. The van der Waals surface area contributed by atoms with Gasteiger partial charge in [0.05, 0.1) is 6.04 Å². The lowest BCUT2D eigenvalue weighted by molar-refractivity contribution is -0.144. The molecule has 3 amide bonds. The molecular formula is C21H35N5O11. The first-order valence-corrected chi connectivity index (χ1v) is 11.5. The molecule has 0 spiro atoms. The van der Waals surface area contributed by atoms with Crippen LogP contribution in [0.2, 0.25) is 0 Å². The first-order valence-electron chi connectivity index (χ1n) is 11.5. The number of carboxylic acid groups (broad SMARTS) is 4. The van der Waals surface area contributed by atoms with Gasteiger partial charge in [-0.25, -0.2) is 4.79 Å². The number of carbonyl (C=O) groups is 7. The van der Waals surface area contributed by atoms with E-state index < -0.39 is 91.4 Å². The number of amides is 3. The average Bonchev–Trinajstić information content (AvgIpc) is 2.81. The van der Waals surface area contributed by atoms with Crippen LogP contribution < -0.4 is 27.4 Å². The van der Waals surface area contributed by atoms with Crippen molar-refractivity contribution >= 4 is 41.6 Å². The van der Waals surface area contributed by atoms with Crippen molar-refractivity contribution in [3.05, 3.63) is 0 Å². The van der Waals surface area contributed by atoms with Crippen LogP contribution in [0.1, 0.15) is 57.8 Å². The van der Waals surface area contributed by atoms with Crippen molar-refractivity contribution in [3.63, 3.8) is 0 Å². The van der Waals surface area contributed by atoms with E-state index in [4.69, 9.17) is 26.8 Å². The Kier molecular flexibility index (Phi) is 15.8. The molecule has 0 saturated carbocycles. The highest BCUT2D eigenvalue weighted by Gasteiger charge is 2.30. The lowest BCUT2D eigenvalue weighted by atomic mass is 10.0. The first kappa shape index (κ1) is 33.2. The van der Waals surface area contributed by atoms with Gasteiger partial charge in [-0.15, -0.1) is 0 Å². The van der Waals surface area contributed by atoms with Crippen molar-refractivity contribution in [3.8, 4) is 0 Å². The highest BCUT2D eigenvalue weighted by Crippen LogP contribution is 2.07. The number of rotatable bonds is 20. The molecule has 0 bridgehead atoms. The van der Waals surface area contributed by atoms with E-state index in [1.54, 1.807) is 0 Å². The van der Waals surface area contributed by atoms with Gasteiger partial charge in [0, 0.05) is 19.3 Å². The zero-order valence-corrected chi connectivity index (χ0v) is 20.2. The lowest BCUT2D eigenvalue weighted by Crippen LogP contribution is -2.57. The number of aliphatic carboxylic acids is 4. The summed E-state index contributed by atoms with van der Waals surface area (Å²) >= 11 is 0. The van der Waals surface area contributed by atoms with E-state index in [0.717, 1.165) is 0 Å². The maximum atomic E-state index is 12.9. The minimum Gasteiger partial charge on any atom is -0.481 e. The number of unbranched alkanes of at least 4 members (excludes halogenated alkanes) is 1. The average molecular weight is 534 g/mol. The summed E-state index contributed by atoms with van der Waals surface area (Å²) in [6.07, 6.45) is -1.70. The summed E-state index contributed by atoms with van der Waals surface area (Å²) in [7, 11) is 0. The van der Waals surface area contributed by atoms with Gasteiger partial charge >= 0.3 is 23.9 Å². The molecule has 210 valence electrons. The molecule has 4 unspecified atom stereocenters. The predicted molar refractivity (Wildman–Crippen MR) is 125 cm³/mol. The molecule has 0 aliphatic carbocycles. The fourth-order valence-electron chi connectivity index (χ4n) is 3.06. The second-order valence-corrected chi connectivity index (χ2v) is 8.21. The SMILES string of the molecule is NCCCCC(NC(=O)C(N)CCC(=O)O)C(=O)NC(CCC(=O)O)C(=O)NC(CCC(=O)O)C(=O)O. The predicted octanol–water partition coefficient (Wildman–Crippen LogP) is -2.42. The molecular weight excluding hydrogens is 498 g/mol. The minimum atomic E-state index is -1.61. The third kappa shape index (κ3) is 15.0. The number of nitrogens with one attached hydrogen (secondary N) is 3. The quantitative estimate of drug-likeness (QED) is 0.0737. The van der Waals surface area contributed by atoms with Crippen LogP contribution in [-0.4, -0.2) is 92.7 Å². The molecule has 37 heavy (non-hydrogen) atoms. The van der Waals surface area contributed by atoms with Crippen LogP contribution in [-0.2, 0) is 33.6 Å². The van der Waals surface area contributed by atoms with E-state index in [9.17, 15) is 38.7 Å². The van der Waals surface area contributed by atoms with Crippen LogP contribution in [0.25, 0.3) is 0 Å². The van der Waals surface area contributed by atoms with Crippen LogP contribution in [0.15, 0.2) is 0 Å². The van der Waals surface area contributed by atoms with Crippen LogP contribution in [0.5, 0.6) is 0 Å². The van der Waals surface area contributed by atoms with Crippen LogP contribution in [0.4, 0.5) is 0 Å². The topological polar surface area (TPSA) is 289 Å². The summed E-state index contributed by atoms with van der Waals surface area (Å²) < 4.78 is 0. The molecule has 0 aromatic heterocycles. The molecule has 0 radical (unpaired) electrons. The van der Waals surface area contributed by atoms with Gasteiger partial charge in [-0.1, -0.05) is 0 Å². The summed E-state index contributed by atoms with van der Waals surface area (Å²) in [6.45, 7) is 0.289. The van der Waals surface area contributed by atoms with Gasteiger partial charge in [0.2, 0.25) is 17.7 Å². The molecule has 0 fully saturated rings.